The average Bonchev–Trinajstić information content (AvgIpc) is 2.29. The molecule has 1 unspecified atom stereocenters. The third kappa shape index (κ3) is 4.24. The maximum absolute atomic E-state index is 13.1. The van der Waals surface area contributed by atoms with Crippen LogP contribution in [0.15, 0.2) is 18.5 Å². The number of pyridine rings is 1. The van der Waals surface area contributed by atoms with Crippen LogP contribution >= 0.6 is 0 Å². The minimum absolute atomic E-state index is 0.114. The lowest BCUT2D eigenvalue weighted by atomic mass is 10.1. The summed E-state index contributed by atoms with van der Waals surface area (Å²) in [5.41, 5.74) is 0.880. The second kappa shape index (κ2) is 7.30. The number of aromatic nitrogens is 1. The first-order valence-corrected chi connectivity index (χ1v) is 5.60. The van der Waals surface area contributed by atoms with E-state index >= 15 is 0 Å². The summed E-state index contributed by atoms with van der Waals surface area (Å²) < 4.78 is 18.1. The smallest absolute Gasteiger partial charge is 0.141 e. The molecular formula is C12H19FN2O. The van der Waals surface area contributed by atoms with Crippen molar-refractivity contribution in [2.45, 2.75) is 25.8 Å². The molecule has 0 aliphatic heterocycles. The van der Waals surface area contributed by atoms with Crippen LogP contribution in [0.1, 0.15) is 31.4 Å². The van der Waals surface area contributed by atoms with Gasteiger partial charge < -0.3 is 10.1 Å². The fourth-order valence-corrected chi connectivity index (χ4v) is 1.56. The molecule has 0 aliphatic rings. The lowest BCUT2D eigenvalue weighted by Gasteiger charge is -2.18. The van der Waals surface area contributed by atoms with Crippen LogP contribution in [0, 0.1) is 5.82 Å². The van der Waals surface area contributed by atoms with E-state index in [2.05, 4.69) is 17.2 Å². The Hall–Kier alpha value is -1.00. The van der Waals surface area contributed by atoms with Gasteiger partial charge in [-0.15, -0.1) is 0 Å². The van der Waals surface area contributed by atoms with E-state index in [-0.39, 0.29) is 11.9 Å². The van der Waals surface area contributed by atoms with Crippen LogP contribution in [-0.4, -0.2) is 25.2 Å². The summed E-state index contributed by atoms with van der Waals surface area (Å²) in [4.78, 5) is 3.87. The molecule has 1 aromatic rings. The topological polar surface area (TPSA) is 34.1 Å². The highest BCUT2D eigenvalue weighted by atomic mass is 19.1. The molecule has 0 bridgehead atoms. The van der Waals surface area contributed by atoms with Gasteiger partial charge in [0.25, 0.3) is 0 Å². The number of methoxy groups -OCH3 is 1. The molecule has 0 aliphatic carbocycles. The molecule has 1 N–H and O–H groups in total. The van der Waals surface area contributed by atoms with Crippen molar-refractivity contribution >= 4 is 0 Å². The fourth-order valence-electron chi connectivity index (χ4n) is 1.56. The minimum atomic E-state index is -0.293. The Labute approximate surface area is 96.0 Å². The maximum atomic E-state index is 13.1. The summed E-state index contributed by atoms with van der Waals surface area (Å²) >= 11 is 0. The van der Waals surface area contributed by atoms with Crippen molar-refractivity contribution in [3.05, 3.63) is 29.8 Å². The van der Waals surface area contributed by atoms with Crippen molar-refractivity contribution in [3.63, 3.8) is 0 Å². The van der Waals surface area contributed by atoms with E-state index in [1.54, 1.807) is 13.3 Å². The van der Waals surface area contributed by atoms with E-state index in [1.165, 1.54) is 12.3 Å². The van der Waals surface area contributed by atoms with Crippen LogP contribution in [0.5, 0.6) is 0 Å². The number of rotatable bonds is 7. The van der Waals surface area contributed by atoms with Gasteiger partial charge in [-0.25, -0.2) is 4.39 Å². The number of hydrogen-bond donors (Lipinski definition) is 1. The van der Waals surface area contributed by atoms with E-state index in [0.717, 1.165) is 24.9 Å². The van der Waals surface area contributed by atoms with Gasteiger partial charge >= 0.3 is 0 Å². The molecule has 0 radical (unpaired) electrons. The standard InChI is InChI=1S/C12H19FN2O/c1-3-5-15-12(4-6-16-2)10-7-11(13)9-14-8-10/h7-9,12,15H,3-6H2,1-2H3. The lowest BCUT2D eigenvalue weighted by molar-refractivity contribution is 0.183. The van der Waals surface area contributed by atoms with Crippen LogP contribution in [0.3, 0.4) is 0 Å². The molecule has 1 atom stereocenters. The molecule has 3 nitrogen and oxygen atoms in total. The van der Waals surface area contributed by atoms with Crippen LogP contribution in [-0.2, 0) is 4.74 Å². The summed E-state index contributed by atoms with van der Waals surface area (Å²) in [7, 11) is 1.67. The van der Waals surface area contributed by atoms with Crippen molar-refractivity contribution < 1.29 is 9.13 Å². The molecule has 1 rings (SSSR count). The van der Waals surface area contributed by atoms with Crippen molar-refractivity contribution in [3.8, 4) is 0 Å². The molecule has 4 heteroatoms. The highest BCUT2D eigenvalue weighted by Gasteiger charge is 2.11. The van der Waals surface area contributed by atoms with Gasteiger partial charge in [0.2, 0.25) is 0 Å². The van der Waals surface area contributed by atoms with Crippen molar-refractivity contribution in [2.24, 2.45) is 0 Å². The van der Waals surface area contributed by atoms with Crippen molar-refractivity contribution in [2.75, 3.05) is 20.3 Å². The summed E-state index contributed by atoms with van der Waals surface area (Å²) in [6.45, 7) is 3.66. The molecule has 0 aromatic carbocycles. The third-order valence-corrected chi connectivity index (χ3v) is 2.38. The second-order valence-corrected chi connectivity index (χ2v) is 3.72. The van der Waals surface area contributed by atoms with Gasteiger partial charge in [0.1, 0.15) is 5.82 Å². The Morgan fingerprint density at radius 3 is 2.94 bits per heavy atom. The van der Waals surface area contributed by atoms with Gasteiger partial charge in [-0.05, 0) is 31.0 Å². The van der Waals surface area contributed by atoms with Gasteiger partial charge in [-0.2, -0.15) is 0 Å². The summed E-state index contributed by atoms with van der Waals surface area (Å²) in [6.07, 6.45) is 4.79. The van der Waals surface area contributed by atoms with Crippen LogP contribution < -0.4 is 5.32 Å². The third-order valence-electron chi connectivity index (χ3n) is 2.38. The normalized spacial score (nSPS) is 12.7. The SMILES string of the molecule is CCCNC(CCOC)c1cncc(F)c1. The van der Waals surface area contributed by atoms with Crippen LogP contribution in [0.25, 0.3) is 0 Å². The highest BCUT2D eigenvalue weighted by Crippen LogP contribution is 2.16. The first kappa shape index (κ1) is 13.1. The van der Waals surface area contributed by atoms with Crippen LogP contribution in [0.4, 0.5) is 4.39 Å². The number of hydrogen-bond acceptors (Lipinski definition) is 3. The van der Waals surface area contributed by atoms with Gasteiger partial charge in [0.05, 0.1) is 6.20 Å². The molecule has 0 saturated heterocycles. The van der Waals surface area contributed by atoms with Gasteiger partial charge in [-0.3, -0.25) is 4.98 Å². The second-order valence-electron chi connectivity index (χ2n) is 3.72. The Balaban J connectivity index is 2.66. The molecule has 1 aromatic heterocycles. The van der Waals surface area contributed by atoms with Gasteiger partial charge in [0, 0.05) is 26.0 Å². The molecule has 0 saturated carbocycles. The zero-order valence-corrected chi connectivity index (χ0v) is 9.87. The monoisotopic (exact) mass is 226 g/mol. The van der Waals surface area contributed by atoms with E-state index in [4.69, 9.17) is 4.74 Å². The molecule has 0 spiro atoms. The Morgan fingerprint density at radius 2 is 2.31 bits per heavy atom. The number of nitrogens with zero attached hydrogens (tertiary/aromatic N) is 1. The molecular weight excluding hydrogens is 207 g/mol. The van der Waals surface area contributed by atoms with Crippen molar-refractivity contribution in [1.29, 1.82) is 0 Å². The quantitative estimate of drug-likeness (QED) is 0.774. The average molecular weight is 226 g/mol. The van der Waals surface area contributed by atoms with E-state index in [9.17, 15) is 4.39 Å². The van der Waals surface area contributed by atoms with Gasteiger partial charge in [-0.1, -0.05) is 6.92 Å². The number of nitrogens with one attached hydrogen (secondary N) is 1. The molecule has 0 amide bonds. The Bertz CT molecular complexity index is 299. The largest absolute Gasteiger partial charge is 0.385 e. The van der Waals surface area contributed by atoms with Gasteiger partial charge in [0.15, 0.2) is 0 Å². The highest BCUT2D eigenvalue weighted by molar-refractivity contribution is 5.15. The fraction of sp³-hybridized carbons (Fsp3) is 0.583. The number of ether oxygens (including phenoxy) is 1. The zero-order valence-electron chi connectivity index (χ0n) is 9.87. The molecule has 16 heavy (non-hydrogen) atoms. The predicted molar refractivity (Wildman–Crippen MR) is 61.7 cm³/mol. The maximum Gasteiger partial charge on any atom is 0.141 e. The number of halogens is 1. The summed E-state index contributed by atoms with van der Waals surface area (Å²) in [5, 5.41) is 3.36. The summed E-state index contributed by atoms with van der Waals surface area (Å²) in [5.74, 6) is -0.293. The summed E-state index contributed by atoms with van der Waals surface area (Å²) in [6, 6.07) is 1.64. The van der Waals surface area contributed by atoms with E-state index < -0.39 is 0 Å². The van der Waals surface area contributed by atoms with E-state index in [0.29, 0.717) is 6.61 Å². The van der Waals surface area contributed by atoms with E-state index in [1.807, 2.05) is 0 Å². The Kier molecular flexibility index (Phi) is 5.96. The first-order chi connectivity index (χ1) is 7.77. The predicted octanol–water partition coefficient (Wildman–Crippen LogP) is 2.30. The minimum Gasteiger partial charge on any atom is -0.385 e. The van der Waals surface area contributed by atoms with Crippen LogP contribution in [0.2, 0.25) is 0 Å². The molecule has 0 fully saturated rings. The molecule has 1 heterocycles. The molecule has 90 valence electrons. The van der Waals surface area contributed by atoms with Crippen molar-refractivity contribution in [1.82, 2.24) is 10.3 Å². The zero-order chi connectivity index (χ0) is 11.8. The lowest BCUT2D eigenvalue weighted by Crippen LogP contribution is -2.23. The Morgan fingerprint density at radius 1 is 1.50 bits per heavy atom. The first-order valence-electron chi connectivity index (χ1n) is 5.60.